The second-order valence-corrected chi connectivity index (χ2v) is 6.81. The first-order valence-corrected chi connectivity index (χ1v) is 9.30. The van der Waals surface area contributed by atoms with Gasteiger partial charge in [0.15, 0.2) is 5.11 Å². The van der Waals surface area contributed by atoms with Gasteiger partial charge in [-0.1, -0.05) is 42.5 Å². The zero-order valence-electron chi connectivity index (χ0n) is 14.2. The first-order chi connectivity index (χ1) is 11.8. The third kappa shape index (κ3) is 5.30. The predicted molar refractivity (Wildman–Crippen MR) is 103 cm³/mol. The SMILES string of the molecule is S=C(NC[C@H]1CCCO1)N1CCN(C/C=C/c2ccccc2)CC1. The molecule has 3 rings (SSSR count). The Morgan fingerprint density at radius 3 is 2.71 bits per heavy atom. The van der Waals surface area contributed by atoms with Crippen molar-refractivity contribution < 1.29 is 4.74 Å². The second kappa shape index (κ2) is 9.16. The van der Waals surface area contributed by atoms with Crippen LogP contribution < -0.4 is 5.32 Å². The lowest BCUT2D eigenvalue weighted by atomic mass is 10.2. The Kier molecular flexibility index (Phi) is 6.64. The van der Waals surface area contributed by atoms with Crippen LogP contribution in [0.25, 0.3) is 6.08 Å². The van der Waals surface area contributed by atoms with E-state index in [1.165, 1.54) is 12.0 Å². The fourth-order valence-electron chi connectivity index (χ4n) is 3.15. The summed E-state index contributed by atoms with van der Waals surface area (Å²) in [7, 11) is 0. The minimum Gasteiger partial charge on any atom is -0.376 e. The van der Waals surface area contributed by atoms with Crippen LogP contribution in [-0.2, 0) is 4.74 Å². The molecule has 4 nitrogen and oxygen atoms in total. The fraction of sp³-hybridized carbons (Fsp3) is 0.526. The third-order valence-corrected chi connectivity index (χ3v) is 5.04. The number of nitrogens with zero attached hydrogens (tertiary/aromatic N) is 2. The lowest BCUT2D eigenvalue weighted by molar-refractivity contribution is 0.112. The molecule has 0 aromatic heterocycles. The molecule has 2 heterocycles. The van der Waals surface area contributed by atoms with Gasteiger partial charge in [0, 0.05) is 45.9 Å². The van der Waals surface area contributed by atoms with Crippen molar-refractivity contribution in [2.45, 2.75) is 18.9 Å². The van der Waals surface area contributed by atoms with Gasteiger partial charge in [0.25, 0.3) is 0 Å². The number of piperazine rings is 1. The van der Waals surface area contributed by atoms with E-state index in [-0.39, 0.29) is 0 Å². The van der Waals surface area contributed by atoms with Crippen LogP contribution in [0.4, 0.5) is 0 Å². The van der Waals surface area contributed by atoms with Crippen molar-refractivity contribution in [1.82, 2.24) is 15.1 Å². The Hall–Kier alpha value is -1.43. The number of thiocarbonyl (C=S) groups is 1. The Bertz CT molecular complexity index is 535. The first kappa shape index (κ1) is 17.4. The molecule has 24 heavy (non-hydrogen) atoms. The molecule has 130 valence electrons. The van der Waals surface area contributed by atoms with Gasteiger partial charge in [-0.15, -0.1) is 0 Å². The summed E-state index contributed by atoms with van der Waals surface area (Å²) in [5, 5.41) is 4.25. The highest BCUT2D eigenvalue weighted by Crippen LogP contribution is 2.11. The van der Waals surface area contributed by atoms with Crippen LogP contribution in [0, 0.1) is 0 Å². The van der Waals surface area contributed by atoms with E-state index in [0.29, 0.717) is 6.10 Å². The number of ether oxygens (including phenoxy) is 1. The highest BCUT2D eigenvalue weighted by atomic mass is 32.1. The number of hydrogen-bond donors (Lipinski definition) is 1. The molecule has 1 aromatic rings. The monoisotopic (exact) mass is 345 g/mol. The van der Waals surface area contributed by atoms with Crippen LogP contribution in [0.3, 0.4) is 0 Å². The molecule has 2 aliphatic rings. The molecule has 0 saturated carbocycles. The number of nitrogens with one attached hydrogen (secondary N) is 1. The summed E-state index contributed by atoms with van der Waals surface area (Å²) < 4.78 is 5.63. The Morgan fingerprint density at radius 2 is 2.00 bits per heavy atom. The van der Waals surface area contributed by atoms with Crippen LogP contribution in [0.15, 0.2) is 36.4 Å². The highest BCUT2D eigenvalue weighted by molar-refractivity contribution is 7.80. The fourth-order valence-corrected chi connectivity index (χ4v) is 3.42. The molecule has 0 amide bonds. The van der Waals surface area contributed by atoms with Crippen molar-refractivity contribution in [3.05, 3.63) is 42.0 Å². The molecular weight excluding hydrogens is 318 g/mol. The summed E-state index contributed by atoms with van der Waals surface area (Å²) in [5.74, 6) is 0. The average molecular weight is 346 g/mol. The van der Waals surface area contributed by atoms with Gasteiger partial charge in [-0.25, -0.2) is 0 Å². The normalized spacial score (nSPS) is 22.2. The standard InChI is InChI=1S/C19H27N3OS/c24-19(20-16-18-9-5-15-23-18)22-13-11-21(12-14-22)10-4-8-17-6-2-1-3-7-17/h1-4,6-8,18H,5,9-16H2,(H,20,24)/b8-4+/t18-/m1/s1. The van der Waals surface area contributed by atoms with Crippen molar-refractivity contribution >= 4 is 23.4 Å². The molecule has 2 saturated heterocycles. The van der Waals surface area contributed by atoms with E-state index in [1.807, 2.05) is 6.07 Å². The largest absolute Gasteiger partial charge is 0.376 e. The van der Waals surface area contributed by atoms with E-state index >= 15 is 0 Å². The van der Waals surface area contributed by atoms with Crippen LogP contribution in [0.5, 0.6) is 0 Å². The molecule has 5 heteroatoms. The van der Waals surface area contributed by atoms with Gasteiger partial charge in [-0.05, 0) is 30.6 Å². The van der Waals surface area contributed by atoms with Crippen molar-refractivity contribution in [2.24, 2.45) is 0 Å². The van der Waals surface area contributed by atoms with Gasteiger partial charge >= 0.3 is 0 Å². The second-order valence-electron chi connectivity index (χ2n) is 6.42. The molecule has 0 unspecified atom stereocenters. The van der Waals surface area contributed by atoms with E-state index in [1.54, 1.807) is 0 Å². The van der Waals surface area contributed by atoms with E-state index in [2.05, 4.69) is 51.5 Å². The van der Waals surface area contributed by atoms with Gasteiger partial charge in [0.1, 0.15) is 0 Å². The summed E-state index contributed by atoms with van der Waals surface area (Å²) >= 11 is 5.53. The van der Waals surface area contributed by atoms with Crippen molar-refractivity contribution in [1.29, 1.82) is 0 Å². The molecular formula is C19H27N3OS. The quantitative estimate of drug-likeness (QED) is 0.827. The lowest BCUT2D eigenvalue weighted by Gasteiger charge is -2.36. The zero-order valence-corrected chi connectivity index (χ0v) is 15.0. The van der Waals surface area contributed by atoms with Crippen molar-refractivity contribution in [3.63, 3.8) is 0 Å². The molecule has 0 radical (unpaired) electrons. The lowest BCUT2D eigenvalue weighted by Crippen LogP contribution is -2.52. The molecule has 2 aliphatic heterocycles. The van der Waals surface area contributed by atoms with Gasteiger partial charge in [-0.2, -0.15) is 0 Å². The summed E-state index contributed by atoms with van der Waals surface area (Å²) in [6, 6.07) is 10.5. The third-order valence-electron chi connectivity index (χ3n) is 4.64. The zero-order chi connectivity index (χ0) is 16.6. The van der Waals surface area contributed by atoms with E-state index in [4.69, 9.17) is 17.0 Å². The summed E-state index contributed by atoms with van der Waals surface area (Å²) in [5.41, 5.74) is 1.26. The molecule has 0 spiro atoms. The van der Waals surface area contributed by atoms with Gasteiger partial charge in [0.2, 0.25) is 0 Å². The Morgan fingerprint density at radius 1 is 1.21 bits per heavy atom. The molecule has 0 aliphatic carbocycles. The van der Waals surface area contributed by atoms with E-state index < -0.39 is 0 Å². The smallest absolute Gasteiger partial charge is 0.169 e. The molecule has 1 N–H and O–H groups in total. The first-order valence-electron chi connectivity index (χ1n) is 8.89. The van der Waals surface area contributed by atoms with E-state index in [0.717, 1.165) is 57.4 Å². The van der Waals surface area contributed by atoms with E-state index in [9.17, 15) is 0 Å². The molecule has 1 atom stereocenters. The Labute approximate surface area is 150 Å². The number of rotatable bonds is 5. The summed E-state index contributed by atoms with van der Waals surface area (Å²) in [6.07, 6.45) is 7.11. The van der Waals surface area contributed by atoms with Crippen LogP contribution in [0.1, 0.15) is 18.4 Å². The maximum atomic E-state index is 5.63. The predicted octanol–water partition coefficient (Wildman–Crippen LogP) is 2.37. The van der Waals surface area contributed by atoms with Crippen molar-refractivity contribution in [2.75, 3.05) is 45.9 Å². The van der Waals surface area contributed by atoms with Gasteiger partial charge < -0.3 is 15.0 Å². The Balaban J connectivity index is 1.34. The molecule has 0 bridgehead atoms. The number of benzene rings is 1. The summed E-state index contributed by atoms with van der Waals surface area (Å²) in [4.78, 5) is 4.75. The van der Waals surface area contributed by atoms with Gasteiger partial charge in [-0.3, -0.25) is 4.90 Å². The topological polar surface area (TPSA) is 27.7 Å². The molecule has 2 fully saturated rings. The highest BCUT2D eigenvalue weighted by Gasteiger charge is 2.20. The maximum absolute atomic E-state index is 5.63. The van der Waals surface area contributed by atoms with Crippen LogP contribution in [-0.4, -0.2) is 66.9 Å². The minimum atomic E-state index is 0.340. The van der Waals surface area contributed by atoms with Crippen LogP contribution in [0.2, 0.25) is 0 Å². The minimum absolute atomic E-state index is 0.340. The number of hydrogen-bond acceptors (Lipinski definition) is 3. The van der Waals surface area contributed by atoms with Crippen LogP contribution >= 0.6 is 12.2 Å². The van der Waals surface area contributed by atoms with Gasteiger partial charge in [0.05, 0.1) is 6.10 Å². The molecule has 1 aromatic carbocycles. The summed E-state index contributed by atoms with van der Waals surface area (Å²) in [6.45, 7) is 6.85. The van der Waals surface area contributed by atoms with Crippen molar-refractivity contribution in [3.8, 4) is 0 Å². The average Bonchev–Trinajstić information content (AvgIpc) is 3.15. The maximum Gasteiger partial charge on any atom is 0.169 e.